The first-order chi connectivity index (χ1) is 10.0. The number of amides is 2. The second kappa shape index (κ2) is 5.31. The summed E-state index contributed by atoms with van der Waals surface area (Å²) in [6.45, 7) is 2.71. The molecule has 0 saturated heterocycles. The van der Waals surface area contributed by atoms with Crippen LogP contribution in [0.25, 0.3) is 0 Å². The van der Waals surface area contributed by atoms with Crippen molar-refractivity contribution in [1.82, 2.24) is 19.9 Å². The van der Waals surface area contributed by atoms with Gasteiger partial charge in [-0.2, -0.15) is 5.10 Å². The Hall–Kier alpha value is -2.18. The van der Waals surface area contributed by atoms with Gasteiger partial charge in [0.1, 0.15) is 11.5 Å². The lowest BCUT2D eigenvalue weighted by atomic mass is 10.1. The van der Waals surface area contributed by atoms with Gasteiger partial charge in [-0.25, -0.2) is 9.99 Å². The number of hydrogen-bond acceptors (Lipinski definition) is 4. The highest BCUT2D eigenvalue weighted by Crippen LogP contribution is 2.15. The molecule has 3 heterocycles. The van der Waals surface area contributed by atoms with Gasteiger partial charge in [0.05, 0.1) is 5.69 Å². The first-order valence-corrected chi connectivity index (χ1v) is 7.20. The Balaban J connectivity index is 1.64. The number of aryl methyl sites for hydroxylation is 2. The molecule has 0 aliphatic carbocycles. The van der Waals surface area contributed by atoms with Gasteiger partial charge in [0.15, 0.2) is 0 Å². The minimum absolute atomic E-state index is 0.0530. The molecule has 7 nitrogen and oxygen atoms in total. The summed E-state index contributed by atoms with van der Waals surface area (Å²) in [6.07, 6.45) is 4.52. The monoisotopic (exact) mass is 289 g/mol. The molecule has 0 saturated carbocycles. The van der Waals surface area contributed by atoms with Crippen LogP contribution in [0.5, 0.6) is 0 Å². The van der Waals surface area contributed by atoms with E-state index in [9.17, 15) is 9.59 Å². The maximum atomic E-state index is 12.2. The zero-order valence-corrected chi connectivity index (χ0v) is 12.3. The number of nitrogens with one attached hydrogen (secondary N) is 1. The smallest absolute Gasteiger partial charge is 0.267 e. The molecule has 2 amide bonds. The van der Waals surface area contributed by atoms with Gasteiger partial charge in [-0.15, -0.1) is 0 Å². The van der Waals surface area contributed by atoms with E-state index in [1.807, 2.05) is 13.1 Å². The van der Waals surface area contributed by atoms with E-state index in [4.69, 9.17) is 0 Å². The molecule has 1 atom stereocenters. The molecule has 2 aliphatic heterocycles. The minimum Gasteiger partial charge on any atom is -0.346 e. The van der Waals surface area contributed by atoms with Gasteiger partial charge in [-0.05, 0) is 13.3 Å². The van der Waals surface area contributed by atoms with Crippen LogP contribution in [0.2, 0.25) is 0 Å². The zero-order chi connectivity index (χ0) is 15.0. The van der Waals surface area contributed by atoms with Crippen LogP contribution in [0.3, 0.4) is 0 Å². The number of carbonyl (C=O) groups excluding carboxylic acids is 2. The molecule has 21 heavy (non-hydrogen) atoms. The average Bonchev–Trinajstić information content (AvgIpc) is 2.81. The normalized spacial score (nSPS) is 21.8. The second-order valence-corrected chi connectivity index (χ2v) is 5.62. The Labute approximate surface area is 123 Å². The van der Waals surface area contributed by atoms with Gasteiger partial charge < -0.3 is 9.88 Å². The molecule has 0 aromatic carbocycles. The number of imidazole rings is 1. The summed E-state index contributed by atoms with van der Waals surface area (Å²) in [7, 11) is 1.58. The summed E-state index contributed by atoms with van der Waals surface area (Å²) in [5.74, 6) is 0.862. The van der Waals surface area contributed by atoms with Crippen LogP contribution < -0.4 is 5.32 Å². The van der Waals surface area contributed by atoms with Crippen molar-refractivity contribution in [2.75, 3.05) is 7.05 Å². The fourth-order valence-electron chi connectivity index (χ4n) is 2.81. The third-order valence-corrected chi connectivity index (χ3v) is 3.92. The van der Waals surface area contributed by atoms with Crippen molar-refractivity contribution >= 4 is 17.5 Å². The van der Waals surface area contributed by atoms with Crippen molar-refractivity contribution in [1.29, 1.82) is 0 Å². The summed E-state index contributed by atoms with van der Waals surface area (Å²) >= 11 is 0. The van der Waals surface area contributed by atoms with Crippen molar-refractivity contribution < 1.29 is 9.59 Å². The lowest BCUT2D eigenvalue weighted by Crippen LogP contribution is -2.45. The zero-order valence-electron chi connectivity index (χ0n) is 12.3. The van der Waals surface area contributed by atoms with E-state index >= 15 is 0 Å². The Kier molecular flexibility index (Phi) is 3.48. The van der Waals surface area contributed by atoms with E-state index < -0.39 is 0 Å². The van der Waals surface area contributed by atoms with Crippen LogP contribution in [-0.4, -0.2) is 45.2 Å². The van der Waals surface area contributed by atoms with Crippen LogP contribution in [0.1, 0.15) is 30.8 Å². The molecule has 1 aromatic rings. The lowest BCUT2D eigenvalue weighted by Gasteiger charge is -2.26. The third-order valence-electron chi connectivity index (χ3n) is 3.92. The summed E-state index contributed by atoms with van der Waals surface area (Å²) in [5.41, 5.74) is 1.44. The SMILES string of the molecule is Cc1cn2c(n1)CCC(NC(=O)C1=NN(C)C(=O)CC1)C2. The number of nitrogens with zero attached hydrogens (tertiary/aromatic N) is 4. The van der Waals surface area contributed by atoms with E-state index in [0.29, 0.717) is 18.6 Å². The number of hydrazone groups is 1. The minimum atomic E-state index is -0.167. The maximum absolute atomic E-state index is 12.2. The predicted molar refractivity (Wildman–Crippen MR) is 76.7 cm³/mol. The largest absolute Gasteiger partial charge is 0.346 e. The first-order valence-electron chi connectivity index (χ1n) is 7.20. The fraction of sp³-hybridized carbons (Fsp3) is 0.571. The Morgan fingerprint density at radius 1 is 1.38 bits per heavy atom. The lowest BCUT2D eigenvalue weighted by molar-refractivity contribution is -0.130. The fourth-order valence-corrected chi connectivity index (χ4v) is 2.81. The van der Waals surface area contributed by atoms with Crippen molar-refractivity contribution in [3.8, 4) is 0 Å². The maximum Gasteiger partial charge on any atom is 0.267 e. The van der Waals surface area contributed by atoms with Gasteiger partial charge in [-0.1, -0.05) is 0 Å². The number of carbonyl (C=O) groups is 2. The quantitative estimate of drug-likeness (QED) is 0.846. The molecule has 7 heteroatoms. The predicted octanol–water partition coefficient (Wildman–Crippen LogP) is 0.231. The van der Waals surface area contributed by atoms with Crippen molar-refractivity contribution in [2.24, 2.45) is 5.10 Å². The third kappa shape index (κ3) is 2.81. The van der Waals surface area contributed by atoms with Gasteiger partial charge in [-0.3, -0.25) is 9.59 Å². The van der Waals surface area contributed by atoms with Crippen molar-refractivity contribution in [2.45, 2.75) is 45.2 Å². The molecule has 1 unspecified atom stereocenters. The molecule has 1 aromatic heterocycles. The molecule has 0 fully saturated rings. The molecule has 3 rings (SSSR count). The summed E-state index contributed by atoms with van der Waals surface area (Å²) in [6, 6.07) is 0.0873. The Morgan fingerprint density at radius 2 is 2.19 bits per heavy atom. The number of rotatable bonds is 2. The molecule has 0 bridgehead atoms. The highest BCUT2D eigenvalue weighted by atomic mass is 16.2. The molecular weight excluding hydrogens is 270 g/mol. The molecule has 0 spiro atoms. The highest BCUT2D eigenvalue weighted by Gasteiger charge is 2.26. The van der Waals surface area contributed by atoms with Gasteiger partial charge >= 0.3 is 0 Å². The van der Waals surface area contributed by atoms with Crippen LogP contribution in [0, 0.1) is 6.92 Å². The van der Waals surface area contributed by atoms with Gasteiger partial charge in [0.25, 0.3) is 5.91 Å². The average molecular weight is 289 g/mol. The highest BCUT2D eigenvalue weighted by molar-refractivity contribution is 6.39. The number of fused-ring (bicyclic) bond motifs is 1. The Bertz CT molecular complexity index is 619. The van der Waals surface area contributed by atoms with Gasteiger partial charge in [0.2, 0.25) is 5.91 Å². The standard InChI is InChI=1S/C14H19N5O2/c1-9-7-19-8-10(3-5-12(19)15-9)16-14(21)11-4-6-13(20)18(2)17-11/h7,10H,3-6,8H2,1-2H3,(H,16,21). The van der Waals surface area contributed by atoms with Gasteiger partial charge in [0, 0.05) is 45.1 Å². The van der Waals surface area contributed by atoms with E-state index in [2.05, 4.69) is 20.0 Å². The number of aromatic nitrogens is 2. The topological polar surface area (TPSA) is 79.6 Å². The Morgan fingerprint density at radius 3 is 2.95 bits per heavy atom. The van der Waals surface area contributed by atoms with E-state index in [1.165, 1.54) is 5.01 Å². The van der Waals surface area contributed by atoms with E-state index in [1.54, 1.807) is 7.05 Å². The molecule has 112 valence electrons. The second-order valence-electron chi connectivity index (χ2n) is 5.62. The summed E-state index contributed by atoms with van der Waals surface area (Å²) in [4.78, 5) is 28.1. The van der Waals surface area contributed by atoms with Crippen LogP contribution in [-0.2, 0) is 22.6 Å². The van der Waals surface area contributed by atoms with Crippen LogP contribution in [0.4, 0.5) is 0 Å². The molecule has 1 N–H and O–H groups in total. The van der Waals surface area contributed by atoms with E-state index in [0.717, 1.165) is 30.9 Å². The summed E-state index contributed by atoms with van der Waals surface area (Å²) in [5, 5.41) is 8.31. The first kappa shape index (κ1) is 13.8. The van der Waals surface area contributed by atoms with E-state index in [-0.39, 0.29) is 17.9 Å². The van der Waals surface area contributed by atoms with Crippen molar-refractivity contribution in [3.63, 3.8) is 0 Å². The summed E-state index contributed by atoms with van der Waals surface area (Å²) < 4.78 is 2.10. The molecule has 2 aliphatic rings. The molecular formula is C14H19N5O2. The van der Waals surface area contributed by atoms with Crippen molar-refractivity contribution in [3.05, 3.63) is 17.7 Å². The van der Waals surface area contributed by atoms with Crippen LogP contribution >= 0.6 is 0 Å². The van der Waals surface area contributed by atoms with Crippen LogP contribution in [0.15, 0.2) is 11.3 Å². The number of hydrogen-bond donors (Lipinski definition) is 1. The molecule has 0 radical (unpaired) electrons.